The Balaban J connectivity index is 2.02. The molecular weight excluding hydrogens is 286 g/mol. The molecule has 3 aromatic rings. The maximum Gasteiger partial charge on any atom is 0.410 e. The number of hydrogen-bond acceptors (Lipinski definition) is 2. The van der Waals surface area contributed by atoms with Gasteiger partial charge in [0.2, 0.25) is 0 Å². The summed E-state index contributed by atoms with van der Waals surface area (Å²) >= 11 is 0. The van der Waals surface area contributed by atoms with Crippen LogP contribution in [0.5, 0.6) is 0 Å². The van der Waals surface area contributed by atoms with E-state index in [0.29, 0.717) is 13.1 Å². The number of ether oxygens (including phenoxy) is 1. The lowest BCUT2D eigenvalue weighted by Crippen LogP contribution is -2.30. The third-order valence-electron chi connectivity index (χ3n) is 4.24. The van der Waals surface area contributed by atoms with Crippen LogP contribution in [0.15, 0.2) is 54.6 Å². The van der Waals surface area contributed by atoms with E-state index in [1.807, 2.05) is 38.1 Å². The maximum atomic E-state index is 12.2. The van der Waals surface area contributed by atoms with Crippen LogP contribution >= 0.6 is 0 Å². The summed E-state index contributed by atoms with van der Waals surface area (Å²) in [6, 6.07) is 18.6. The number of nitrogens with zero attached hydrogens (tertiary/aromatic N) is 1. The van der Waals surface area contributed by atoms with Gasteiger partial charge in [-0.15, -0.1) is 0 Å². The van der Waals surface area contributed by atoms with Gasteiger partial charge in [-0.25, -0.2) is 4.79 Å². The van der Waals surface area contributed by atoms with E-state index in [1.165, 1.54) is 10.8 Å². The lowest BCUT2D eigenvalue weighted by Gasteiger charge is -2.19. The van der Waals surface area contributed by atoms with Gasteiger partial charge in [0.05, 0.1) is 0 Å². The summed E-state index contributed by atoms with van der Waals surface area (Å²) < 4.78 is 5.58. The van der Waals surface area contributed by atoms with E-state index in [4.69, 9.17) is 4.74 Å². The Hall–Kier alpha value is -2.55. The summed E-state index contributed by atoms with van der Waals surface area (Å²) in [5.41, 5.74) is 1.07. The molecule has 23 heavy (non-hydrogen) atoms. The van der Waals surface area contributed by atoms with Gasteiger partial charge in [-0.3, -0.25) is 0 Å². The van der Waals surface area contributed by atoms with E-state index in [2.05, 4.69) is 30.3 Å². The summed E-state index contributed by atoms with van der Waals surface area (Å²) in [6.45, 7) is 5.52. The van der Waals surface area contributed by atoms with Crippen molar-refractivity contribution in [2.24, 2.45) is 0 Å². The predicted molar refractivity (Wildman–Crippen MR) is 94.6 cm³/mol. The molecule has 0 aromatic heterocycles. The first kappa shape index (κ1) is 15.3. The van der Waals surface area contributed by atoms with Gasteiger partial charge in [0.1, 0.15) is 6.61 Å². The van der Waals surface area contributed by atoms with Crippen molar-refractivity contribution >= 4 is 27.6 Å². The first-order valence-electron chi connectivity index (χ1n) is 8.05. The predicted octanol–water partition coefficient (Wildman–Crippen LogP) is 4.97. The van der Waals surface area contributed by atoms with Crippen molar-refractivity contribution in [3.8, 4) is 0 Å². The molecule has 0 saturated heterocycles. The Kier molecular flexibility index (Phi) is 4.47. The largest absolute Gasteiger partial charge is 0.444 e. The zero-order valence-electron chi connectivity index (χ0n) is 13.6. The second kappa shape index (κ2) is 6.69. The quantitative estimate of drug-likeness (QED) is 0.637. The molecule has 0 atom stereocenters. The first-order chi connectivity index (χ1) is 11.2. The number of carbonyl (C=O) groups excluding carboxylic acids is 1. The monoisotopic (exact) mass is 307 g/mol. The van der Waals surface area contributed by atoms with Crippen LogP contribution in [-0.4, -0.2) is 24.1 Å². The molecule has 0 spiro atoms. The maximum absolute atomic E-state index is 12.2. The van der Waals surface area contributed by atoms with Crippen LogP contribution in [0.4, 0.5) is 4.79 Å². The van der Waals surface area contributed by atoms with Gasteiger partial charge in [-0.1, -0.05) is 48.5 Å². The molecule has 118 valence electrons. The van der Waals surface area contributed by atoms with Crippen molar-refractivity contribution < 1.29 is 9.53 Å². The van der Waals surface area contributed by atoms with Gasteiger partial charge in [0.15, 0.2) is 0 Å². The third kappa shape index (κ3) is 3.00. The molecule has 0 N–H and O–H groups in total. The fourth-order valence-corrected chi connectivity index (χ4v) is 2.97. The van der Waals surface area contributed by atoms with Gasteiger partial charge in [0.25, 0.3) is 0 Å². The fraction of sp³-hybridized carbons (Fsp3) is 0.250. The van der Waals surface area contributed by atoms with Crippen LogP contribution in [-0.2, 0) is 11.3 Å². The zero-order chi connectivity index (χ0) is 16.2. The molecule has 0 aliphatic carbocycles. The molecule has 1 amide bonds. The third-order valence-corrected chi connectivity index (χ3v) is 4.24. The lowest BCUT2D eigenvalue weighted by molar-refractivity contribution is 0.101. The van der Waals surface area contributed by atoms with Crippen LogP contribution < -0.4 is 0 Å². The summed E-state index contributed by atoms with van der Waals surface area (Å²) in [7, 11) is 0. The van der Waals surface area contributed by atoms with Gasteiger partial charge in [-0.2, -0.15) is 0 Å². The van der Waals surface area contributed by atoms with Crippen LogP contribution in [0.1, 0.15) is 19.4 Å². The lowest BCUT2D eigenvalue weighted by atomic mass is 9.97. The van der Waals surface area contributed by atoms with E-state index >= 15 is 0 Å². The van der Waals surface area contributed by atoms with Crippen LogP contribution in [0.25, 0.3) is 21.5 Å². The average molecular weight is 307 g/mol. The smallest absolute Gasteiger partial charge is 0.410 e. The molecule has 0 radical (unpaired) electrons. The zero-order valence-corrected chi connectivity index (χ0v) is 13.6. The minimum Gasteiger partial charge on any atom is -0.444 e. The van der Waals surface area contributed by atoms with E-state index in [9.17, 15) is 4.79 Å². The SMILES string of the molecule is CCN(CC)C(=O)OCc1c2ccccc2cc2ccccc12. The number of benzene rings is 3. The summed E-state index contributed by atoms with van der Waals surface area (Å²) in [5, 5.41) is 4.61. The van der Waals surface area contributed by atoms with E-state index < -0.39 is 0 Å². The van der Waals surface area contributed by atoms with Crippen molar-refractivity contribution in [1.29, 1.82) is 0 Å². The molecule has 0 bridgehead atoms. The average Bonchev–Trinajstić information content (AvgIpc) is 2.59. The molecule has 0 aliphatic heterocycles. The standard InChI is InChI=1S/C20H21NO2/c1-3-21(4-2)20(22)23-14-19-17-11-7-5-9-15(17)13-16-10-6-8-12-18(16)19/h5-13H,3-4,14H2,1-2H3. The molecule has 0 fully saturated rings. The molecule has 3 aromatic carbocycles. The second-order valence-electron chi connectivity index (χ2n) is 5.52. The molecule has 0 aliphatic rings. The highest BCUT2D eigenvalue weighted by Gasteiger charge is 2.13. The number of fused-ring (bicyclic) bond motifs is 2. The molecule has 0 heterocycles. The molecule has 0 saturated carbocycles. The number of carbonyl (C=O) groups is 1. The topological polar surface area (TPSA) is 29.5 Å². The highest BCUT2D eigenvalue weighted by molar-refractivity contribution is 6.02. The van der Waals surface area contributed by atoms with Crippen molar-refractivity contribution in [3.05, 3.63) is 60.2 Å². The van der Waals surface area contributed by atoms with Crippen LogP contribution in [0, 0.1) is 0 Å². The van der Waals surface area contributed by atoms with Crippen molar-refractivity contribution in [2.45, 2.75) is 20.5 Å². The summed E-state index contributed by atoms with van der Waals surface area (Å²) in [5.74, 6) is 0. The first-order valence-corrected chi connectivity index (χ1v) is 8.05. The second-order valence-corrected chi connectivity index (χ2v) is 5.52. The van der Waals surface area contributed by atoms with Gasteiger partial charge < -0.3 is 9.64 Å². The van der Waals surface area contributed by atoms with Crippen molar-refractivity contribution in [2.75, 3.05) is 13.1 Å². The highest BCUT2D eigenvalue weighted by atomic mass is 16.6. The highest BCUT2D eigenvalue weighted by Crippen LogP contribution is 2.29. The summed E-state index contributed by atoms with van der Waals surface area (Å²) in [6.07, 6.45) is -0.257. The van der Waals surface area contributed by atoms with Gasteiger partial charge >= 0.3 is 6.09 Å². The van der Waals surface area contributed by atoms with Crippen molar-refractivity contribution in [3.63, 3.8) is 0 Å². The minimum atomic E-state index is -0.257. The Morgan fingerprint density at radius 1 is 0.913 bits per heavy atom. The Bertz CT molecular complexity index is 783. The molecule has 3 nitrogen and oxygen atoms in total. The molecule has 3 rings (SSSR count). The van der Waals surface area contributed by atoms with Crippen LogP contribution in [0.2, 0.25) is 0 Å². The van der Waals surface area contributed by atoms with Gasteiger partial charge in [-0.05, 0) is 41.5 Å². The number of hydrogen-bond donors (Lipinski definition) is 0. The van der Waals surface area contributed by atoms with Gasteiger partial charge in [0, 0.05) is 18.7 Å². The summed E-state index contributed by atoms with van der Waals surface area (Å²) in [4.78, 5) is 13.8. The minimum absolute atomic E-state index is 0.257. The number of rotatable bonds is 4. The Labute approximate surface area is 136 Å². The Morgan fingerprint density at radius 2 is 1.43 bits per heavy atom. The molecule has 0 unspecified atom stereocenters. The van der Waals surface area contributed by atoms with E-state index in [1.54, 1.807) is 4.90 Å². The van der Waals surface area contributed by atoms with Crippen LogP contribution in [0.3, 0.4) is 0 Å². The molecular formula is C20H21NO2. The Morgan fingerprint density at radius 3 is 1.96 bits per heavy atom. The van der Waals surface area contributed by atoms with E-state index in [0.717, 1.165) is 16.3 Å². The number of amides is 1. The van der Waals surface area contributed by atoms with E-state index in [-0.39, 0.29) is 12.7 Å². The molecule has 3 heteroatoms. The normalized spacial score (nSPS) is 10.9. The fourth-order valence-electron chi connectivity index (χ4n) is 2.97. The van der Waals surface area contributed by atoms with Crippen molar-refractivity contribution in [1.82, 2.24) is 4.90 Å².